The van der Waals surface area contributed by atoms with Gasteiger partial charge in [-0.1, -0.05) is 36.4 Å². The Morgan fingerprint density at radius 3 is 2.75 bits per heavy atom. The molecule has 2 aromatic rings. The summed E-state index contributed by atoms with van der Waals surface area (Å²) < 4.78 is 19.9. The molecule has 36 heavy (non-hydrogen) atoms. The van der Waals surface area contributed by atoms with Gasteiger partial charge >= 0.3 is 0 Å². The van der Waals surface area contributed by atoms with Gasteiger partial charge in [-0.3, -0.25) is 4.90 Å². The molecule has 7 aliphatic rings. The van der Waals surface area contributed by atoms with E-state index in [-0.39, 0.29) is 28.5 Å². The molecule has 2 heterocycles. The molecule has 9 rings (SSSR count). The topological polar surface area (TPSA) is 51.2 Å². The number of aromatic hydroxyl groups is 1. The monoisotopic (exact) mass is 487 g/mol. The van der Waals surface area contributed by atoms with Gasteiger partial charge in [-0.05, 0) is 74.6 Å². The predicted octanol–water partition coefficient (Wildman–Crippen LogP) is 4.83. The highest BCUT2D eigenvalue weighted by Gasteiger charge is 2.80. The first kappa shape index (κ1) is 22.0. The number of phenolic OH excluding ortho intramolecular Hbond substituents is 1. The lowest BCUT2D eigenvalue weighted by atomic mass is 9.35. The summed E-state index contributed by atoms with van der Waals surface area (Å²) in [7, 11) is 1.88. The molecule has 0 radical (unpaired) electrons. The zero-order chi connectivity index (χ0) is 24.1. The van der Waals surface area contributed by atoms with Crippen LogP contribution in [0.15, 0.2) is 42.5 Å². The van der Waals surface area contributed by atoms with Crippen LogP contribution in [0, 0.1) is 17.3 Å². The molecular formula is C31H37NO4. The molecule has 1 unspecified atom stereocenters. The van der Waals surface area contributed by atoms with Crippen LogP contribution in [0.2, 0.25) is 0 Å². The lowest BCUT2D eigenvalue weighted by molar-refractivity contribution is -0.283. The predicted molar refractivity (Wildman–Crippen MR) is 136 cm³/mol. The van der Waals surface area contributed by atoms with Gasteiger partial charge in [0.2, 0.25) is 0 Å². The van der Waals surface area contributed by atoms with Crippen LogP contribution in [-0.4, -0.2) is 54.6 Å². The molecule has 1 N–H and O–H groups in total. The molecule has 5 heteroatoms. The van der Waals surface area contributed by atoms with Crippen molar-refractivity contribution in [3.05, 3.63) is 59.2 Å². The maximum atomic E-state index is 11.0. The average Bonchev–Trinajstić information content (AvgIpc) is 3.64. The summed E-state index contributed by atoms with van der Waals surface area (Å²) >= 11 is 0. The Hall–Kier alpha value is -2.08. The second kappa shape index (κ2) is 7.49. The van der Waals surface area contributed by atoms with E-state index < -0.39 is 0 Å². The highest BCUT2D eigenvalue weighted by molar-refractivity contribution is 5.63. The van der Waals surface area contributed by atoms with Crippen LogP contribution in [0.4, 0.5) is 0 Å². The molecule has 4 saturated carbocycles. The molecule has 4 bridgehead atoms. The maximum Gasteiger partial charge on any atom is 0.165 e. The molecule has 5 nitrogen and oxygen atoms in total. The second-order valence-corrected chi connectivity index (χ2v) is 12.5. The first-order valence-electron chi connectivity index (χ1n) is 14.0. The van der Waals surface area contributed by atoms with Gasteiger partial charge in [0.1, 0.15) is 11.7 Å². The van der Waals surface area contributed by atoms with Gasteiger partial charge < -0.3 is 19.3 Å². The fourth-order valence-electron chi connectivity index (χ4n) is 9.64. The molecule has 0 aromatic heterocycles. The van der Waals surface area contributed by atoms with Gasteiger partial charge in [-0.25, -0.2) is 0 Å². The number of nitrogens with zero attached hydrogens (tertiary/aromatic N) is 1. The Morgan fingerprint density at radius 1 is 1.08 bits per heavy atom. The fraction of sp³-hybridized carbons (Fsp3) is 0.613. The van der Waals surface area contributed by atoms with Crippen molar-refractivity contribution in [1.82, 2.24) is 4.90 Å². The van der Waals surface area contributed by atoms with Gasteiger partial charge in [0.25, 0.3) is 0 Å². The number of benzene rings is 2. The van der Waals surface area contributed by atoms with E-state index in [0.717, 1.165) is 43.9 Å². The van der Waals surface area contributed by atoms with E-state index in [1.807, 2.05) is 13.2 Å². The molecule has 6 atom stereocenters. The van der Waals surface area contributed by atoms with Crippen molar-refractivity contribution in [2.45, 2.75) is 74.7 Å². The summed E-state index contributed by atoms with van der Waals surface area (Å²) in [5.41, 5.74) is 3.64. The van der Waals surface area contributed by atoms with Crippen molar-refractivity contribution in [2.75, 3.05) is 26.8 Å². The van der Waals surface area contributed by atoms with Crippen LogP contribution < -0.4 is 4.74 Å². The molecule has 190 valence electrons. The SMILES string of the molecule is COC12CC[C@@]3(C[C@H]1COCc1ccccc1)[C@H]1Cc4ccc(O)c5c4[C@@]3(CCN1CC1CC1)[C@H]2O5. The van der Waals surface area contributed by atoms with E-state index >= 15 is 0 Å². The summed E-state index contributed by atoms with van der Waals surface area (Å²) in [5.74, 6) is 2.22. The number of hydrogen-bond acceptors (Lipinski definition) is 5. The number of methoxy groups -OCH3 is 1. The van der Waals surface area contributed by atoms with Gasteiger partial charge in [0.05, 0.1) is 13.2 Å². The van der Waals surface area contributed by atoms with E-state index in [9.17, 15) is 5.11 Å². The Balaban J connectivity index is 1.22. The maximum absolute atomic E-state index is 11.0. The van der Waals surface area contributed by atoms with E-state index in [4.69, 9.17) is 14.2 Å². The second-order valence-electron chi connectivity index (χ2n) is 12.5. The number of phenols is 1. The molecular weight excluding hydrogens is 450 g/mol. The van der Waals surface area contributed by atoms with Crippen molar-refractivity contribution in [2.24, 2.45) is 17.3 Å². The van der Waals surface area contributed by atoms with Crippen LogP contribution >= 0.6 is 0 Å². The summed E-state index contributed by atoms with van der Waals surface area (Å²) in [6, 6.07) is 15.1. The summed E-state index contributed by atoms with van der Waals surface area (Å²) in [6.45, 7) is 3.69. The minimum atomic E-state index is -0.387. The van der Waals surface area contributed by atoms with Crippen LogP contribution in [0.1, 0.15) is 55.2 Å². The first-order chi connectivity index (χ1) is 17.6. The highest BCUT2D eigenvalue weighted by atomic mass is 16.6. The fourth-order valence-corrected chi connectivity index (χ4v) is 9.64. The zero-order valence-electron chi connectivity index (χ0n) is 21.2. The quantitative estimate of drug-likeness (QED) is 0.606. The zero-order valence-corrected chi connectivity index (χ0v) is 21.2. The van der Waals surface area contributed by atoms with Gasteiger partial charge in [-0.15, -0.1) is 0 Å². The van der Waals surface area contributed by atoms with Crippen LogP contribution in [0.3, 0.4) is 0 Å². The number of rotatable bonds is 7. The molecule has 5 aliphatic carbocycles. The number of likely N-dealkylation sites (tertiary alicyclic amines) is 1. The van der Waals surface area contributed by atoms with Crippen LogP contribution in [-0.2, 0) is 27.9 Å². The molecule has 2 spiro atoms. The third-order valence-electron chi connectivity index (χ3n) is 11.2. The normalized spacial score (nSPS) is 39.6. The minimum absolute atomic E-state index is 0.0595. The minimum Gasteiger partial charge on any atom is -0.504 e. The third-order valence-corrected chi connectivity index (χ3v) is 11.2. The van der Waals surface area contributed by atoms with Gasteiger partial charge in [0, 0.05) is 42.0 Å². The Labute approximate surface area is 213 Å². The summed E-state index contributed by atoms with van der Waals surface area (Å²) in [6.07, 6.45) is 8.21. The lowest BCUT2D eigenvalue weighted by Gasteiger charge is -2.74. The van der Waals surface area contributed by atoms with Crippen LogP contribution in [0.5, 0.6) is 11.5 Å². The van der Waals surface area contributed by atoms with Crippen molar-refractivity contribution >= 4 is 0 Å². The molecule has 0 amide bonds. The third kappa shape index (κ3) is 2.62. The standard InChI is InChI=1S/C31H37NO4/c1-34-31-12-11-29(16-23(31)19-35-18-21-5-3-2-4-6-21)25-15-22-9-10-24(33)27-26(22)30(29,28(31)36-27)13-14-32(25)17-20-7-8-20/h2-6,9-10,20,23,25,28,33H,7-8,11-19H2,1H3/t23-,25+,28+,29+,30-,31?/m0/s1. The highest BCUT2D eigenvalue weighted by Crippen LogP contribution is 2.76. The van der Waals surface area contributed by atoms with Crippen molar-refractivity contribution in [3.8, 4) is 11.5 Å². The molecule has 2 aliphatic heterocycles. The number of ether oxygens (including phenoxy) is 3. The number of hydrogen-bond donors (Lipinski definition) is 1. The molecule has 5 fully saturated rings. The Kier molecular flexibility index (Phi) is 4.57. The Bertz CT molecular complexity index is 1200. The van der Waals surface area contributed by atoms with E-state index in [1.54, 1.807) is 0 Å². The van der Waals surface area contributed by atoms with E-state index in [1.165, 1.54) is 42.5 Å². The molecule has 2 aromatic carbocycles. The van der Waals surface area contributed by atoms with Crippen molar-refractivity contribution < 1.29 is 19.3 Å². The Morgan fingerprint density at radius 2 is 1.94 bits per heavy atom. The van der Waals surface area contributed by atoms with E-state index in [0.29, 0.717) is 25.0 Å². The van der Waals surface area contributed by atoms with Crippen molar-refractivity contribution in [3.63, 3.8) is 0 Å². The van der Waals surface area contributed by atoms with Gasteiger partial charge in [0.15, 0.2) is 11.5 Å². The van der Waals surface area contributed by atoms with E-state index in [2.05, 4.69) is 41.3 Å². The first-order valence-corrected chi connectivity index (χ1v) is 14.0. The summed E-state index contributed by atoms with van der Waals surface area (Å²) in [5, 5.41) is 11.0. The summed E-state index contributed by atoms with van der Waals surface area (Å²) in [4.78, 5) is 2.86. The number of fused-ring (bicyclic) bond motifs is 2. The smallest absolute Gasteiger partial charge is 0.165 e. The average molecular weight is 488 g/mol. The van der Waals surface area contributed by atoms with Gasteiger partial charge in [-0.2, -0.15) is 0 Å². The largest absolute Gasteiger partial charge is 0.504 e. The van der Waals surface area contributed by atoms with Crippen molar-refractivity contribution in [1.29, 1.82) is 0 Å². The van der Waals surface area contributed by atoms with Crippen LogP contribution in [0.25, 0.3) is 0 Å². The molecule has 1 saturated heterocycles. The number of piperidine rings is 1. The lowest BCUT2D eigenvalue weighted by Crippen LogP contribution is -2.81.